The molecule has 1 aromatic rings. The molecule has 0 spiro atoms. The minimum Gasteiger partial charge on any atom is -0.361 e. The first-order valence-electron chi connectivity index (χ1n) is 7.55. The molecule has 0 aromatic carbocycles. The first kappa shape index (κ1) is 16.7. The molecule has 0 bridgehead atoms. The van der Waals surface area contributed by atoms with Gasteiger partial charge in [0.25, 0.3) is 5.91 Å². The van der Waals surface area contributed by atoms with Crippen molar-refractivity contribution in [1.82, 2.24) is 15.8 Å². The standard InChI is InChI=1S/C15H27N3O2/c1-5-12-9-13(18-20-12)14(19)17-11-15(6-2,7-3)10-16-8-4/h9,16H,5-8,10-11H2,1-4H3,(H,17,19). The van der Waals surface area contributed by atoms with Gasteiger partial charge >= 0.3 is 0 Å². The smallest absolute Gasteiger partial charge is 0.273 e. The number of amides is 1. The normalized spacial score (nSPS) is 11.6. The summed E-state index contributed by atoms with van der Waals surface area (Å²) in [7, 11) is 0. The highest BCUT2D eigenvalue weighted by atomic mass is 16.5. The zero-order valence-electron chi connectivity index (χ0n) is 13.1. The summed E-state index contributed by atoms with van der Waals surface area (Å²) in [5.74, 6) is 0.580. The van der Waals surface area contributed by atoms with Crippen LogP contribution in [0, 0.1) is 5.41 Å². The third kappa shape index (κ3) is 4.34. The summed E-state index contributed by atoms with van der Waals surface area (Å²) in [5.41, 5.74) is 0.467. The van der Waals surface area contributed by atoms with Crippen LogP contribution in [0.15, 0.2) is 10.6 Å². The van der Waals surface area contributed by atoms with Crippen LogP contribution in [0.1, 0.15) is 56.8 Å². The Hall–Kier alpha value is -1.36. The molecule has 0 aliphatic rings. The van der Waals surface area contributed by atoms with Crippen LogP contribution >= 0.6 is 0 Å². The second-order valence-electron chi connectivity index (χ2n) is 5.20. The summed E-state index contributed by atoms with van der Waals surface area (Å²) < 4.78 is 5.06. The Kier molecular flexibility index (Phi) is 6.71. The van der Waals surface area contributed by atoms with E-state index in [2.05, 4.69) is 36.6 Å². The average Bonchev–Trinajstić information content (AvgIpc) is 2.97. The Morgan fingerprint density at radius 3 is 2.45 bits per heavy atom. The SMILES string of the molecule is CCNCC(CC)(CC)CNC(=O)c1cc(CC)on1. The number of carbonyl (C=O) groups is 1. The lowest BCUT2D eigenvalue weighted by Crippen LogP contribution is -2.43. The molecule has 0 unspecified atom stereocenters. The second-order valence-corrected chi connectivity index (χ2v) is 5.20. The fourth-order valence-electron chi connectivity index (χ4n) is 2.15. The zero-order chi connectivity index (χ0) is 15.0. The van der Waals surface area contributed by atoms with Crippen molar-refractivity contribution in [2.45, 2.75) is 47.0 Å². The van der Waals surface area contributed by atoms with Gasteiger partial charge in [-0.2, -0.15) is 0 Å². The van der Waals surface area contributed by atoms with Crippen molar-refractivity contribution >= 4 is 5.91 Å². The number of hydrogen-bond donors (Lipinski definition) is 2. The second kappa shape index (κ2) is 8.04. The van der Waals surface area contributed by atoms with Gasteiger partial charge in [-0.1, -0.05) is 32.9 Å². The molecule has 2 N–H and O–H groups in total. The lowest BCUT2D eigenvalue weighted by molar-refractivity contribution is 0.0916. The molecule has 0 fully saturated rings. The van der Waals surface area contributed by atoms with Crippen molar-refractivity contribution in [3.05, 3.63) is 17.5 Å². The minimum absolute atomic E-state index is 0.100. The summed E-state index contributed by atoms with van der Waals surface area (Å²) in [6.45, 7) is 10.9. The molecule has 0 saturated carbocycles. The highest BCUT2D eigenvalue weighted by Gasteiger charge is 2.26. The Labute approximate surface area is 121 Å². The van der Waals surface area contributed by atoms with Crippen LogP contribution in [0.5, 0.6) is 0 Å². The fraction of sp³-hybridized carbons (Fsp3) is 0.733. The molecular weight excluding hydrogens is 254 g/mol. The molecule has 0 aliphatic carbocycles. The van der Waals surface area contributed by atoms with Crippen LogP contribution in [0.3, 0.4) is 0 Å². The first-order chi connectivity index (χ1) is 9.60. The van der Waals surface area contributed by atoms with Crippen molar-refractivity contribution in [2.75, 3.05) is 19.6 Å². The third-order valence-corrected chi connectivity index (χ3v) is 4.01. The van der Waals surface area contributed by atoms with E-state index >= 15 is 0 Å². The van der Waals surface area contributed by atoms with E-state index in [1.54, 1.807) is 6.07 Å². The average molecular weight is 281 g/mol. The Morgan fingerprint density at radius 1 is 1.25 bits per heavy atom. The van der Waals surface area contributed by atoms with Gasteiger partial charge in [0.1, 0.15) is 5.76 Å². The third-order valence-electron chi connectivity index (χ3n) is 4.01. The Bertz CT molecular complexity index is 411. The monoisotopic (exact) mass is 281 g/mol. The van der Waals surface area contributed by atoms with Gasteiger partial charge in [-0.3, -0.25) is 4.79 Å². The number of nitrogens with zero attached hydrogens (tertiary/aromatic N) is 1. The minimum atomic E-state index is -0.156. The van der Waals surface area contributed by atoms with Gasteiger partial charge in [0, 0.05) is 25.6 Å². The van der Waals surface area contributed by atoms with E-state index in [1.165, 1.54) is 0 Å². The molecule has 5 nitrogen and oxygen atoms in total. The van der Waals surface area contributed by atoms with Crippen molar-refractivity contribution in [2.24, 2.45) is 5.41 Å². The predicted molar refractivity (Wildman–Crippen MR) is 79.8 cm³/mol. The van der Waals surface area contributed by atoms with Gasteiger partial charge in [0.2, 0.25) is 0 Å². The summed E-state index contributed by atoms with van der Waals surface area (Å²) in [5, 5.41) is 10.2. The van der Waals surface area contributed by atoms with E-state index in [-0.39, 0.29) is 11.3 Å². The van der Waals surface area contributed by atoms with Crippen LogP contribution in [0.25, 0.3) is 0 Å². The number of hydrogen-bond acceptors (Lipinski definition) is 4. The quantitative estimate of drug-likeness (QED) is 0.729. The molecular formula is C15H27N3O2. The van der Waals surface area contributed by atoms with E-state index in [0.717, 1.165) is 38.1 Å². The fourth-order valence-corrected chi connectivity index (χ4v) is 2.15. The molecule has 1 rings (SSSR count). The maximum Gasteiger partial charge on any atom is 0.273 e. The van der Waals surface area contributed by atoms with Gasteiger partial charge in [-0.05, 0) is 24.8 Å². The molecule has 1 heterocycles. The van der Waals surface area contributed by atoms with Crippen LogP contribution in [-0.2, 0) is 6.42 Å². The highest BCUT2D eigenvalue weighted by Crippen LogP contribution is 2.24. The molecule has 20 heavy (non-hydrogen) atoms. The number of rotatable bonds is 9. The van der Waals surface area contributed by atoms with Crippen LogP contribution < -0.4 is 10.6 Å². The first-order valence-corrected chi connectivity index (χ1v) is 7.55. The molecule has 114 valence electrons. The number of aryl methyl sites for hydroxylation is 1. The van der Waals surface area contributed by atoms with Gasteiger partial charge in [0.05, 0.1) is 0 Å². The van der Waals surface area contributed by atoms with Gasteiger partial charge < -0.3 is 15.2 Å². The molecule has 1 aromatic heterocycles. The van der Waals surface area contributed by atoms with Crippen molar-refractivity contribution in [1.29, 1.82) is 0 Å². The lowest BCUT2D eigenvalue weighted by atomic mass is 9.82. The number of nitrogens with one attached hydrogen (secondary N) is 2. The molecule has 0 aliphatic heterocycles. The summed E-state index contributed by atoms with van der Waals surface area (Å²) >= 11 is 0. The zero-order valence-corrected chi connectivity index (χ0v) is 13.1. The van der Waals surface area contributed by atoms with Crippen LogP contribution in [0.4, 0.5) is 0 Å². The van der Waals surface area contributed by atoms with E-state index < -0.39 is 0 Å². The molecule has 0 saturated heterocycles. The number of aromatic nitrogens is 1. The Balaban J connectivity index is 2.60. The van der Waals surface area contributed by atoms with Gasteiger partial charge in [-0.15, -0.1) is 0 Å². The van der Waals surface area contributed by atoms with E-state index in [1.807, 2.05) is 6.92 Å². The highest BCUT2D eigenvalue weighted by molar-refractivity contribution is 5.92. The number of carbonyl (C=O) groups excluding carboxylic acids is 1. The Morgan fingerprint density at radius 2 is 1.95 bits per heavy atom. The molecule has 1 amide bonds. The summed E-state index contributed by atoms with van der Waals surface area (Å²) in [6.07, 6.45) is 2.79. The topological polar surface area (TPSA) is 67.2 Å². The summed E-state index contributed by atoms with van der Waals surface area (Å²) in [4.78, 5) is 12.1. The van der Waals surface area contributed by atoms with Gasteiger partial charge in [-0.25, -0.2) is 0 Å². The largest absolute Gasteiger partial charge is 0.361 e. The predicted octanol–water partition coefficient (Wildman–Crippen LogP) is 2.38. The molecule has 5 heteroatoms. The van der Waals surface area contributed by atoms with E-state index in [9.17, 15) is 4.79 Å². The van der Waals surface area contributed by atoms with Crippen molar-refractivity contribution in [3.8, 4) is 0 Å². The maximum absolute atomic E-state index is 12.1. The van der Waals surface area contributed by atoms with Crippen molar-refractivity contribution in [3.63, 3.8) is 0 Å². The van der Waals surface area contributed by atoms with Crippen molar-refractivity contribution < 1.29 is 9.32 Å². The molecule has 0 radical (unpaired) electrons. The molecule has 0 atom stereocenters. The van der Waals surface area contributed by atoms with E-state index in [4.69, 9.17) is 4.52 Å². The summed E-state index contributed by atoms with van der Waals surface area (Å²) in [6, 6.07) is 1.71. The lowest BCUT2D eigenvalue weighted by Gasteiger charge is -2.32. The van der Waals surface area contributed by atoms with Crippen LogP contribution in [0.2, 0.25) is 0 Å². The van der Waals surface area contributed by atoms with E-state index in [0.29, 0.717) is 12.2 Å². The maximum atomic E-state index is 12.1. The van der Waals surface area contributed by atoms with Gasteiger partial charge in [0.15, 0.2) is 5.69 Å². The van der Waals surface area contributed by atoms with Crippen LogP contribution in [-0.4, -0.2) is 30.7 Å².